The molecule has 0 bridgehead atoms. The molecule has 1 aromatic heterocycles. The van der Waals surface area contributed by atoms with E-state index in [2.05, 4.69) is 10.4 Å². The van der Waals surface area contributed by atoms with E-state index < -0.39 is 0 Å². The van der Waals surface area contributed by atoms with Gasteiger partial charge >= 0.3 is 0 Å². The van der Waals surface area contributed by atoms with Crippen LogP contribution >= 0.6 is 0 Å². The van der Waals surface area contributed by atoms with E-state index in [4.69, 9.17) is 4.74 Å². The van der Waals surface area contributed by atoms with E-state index in [1.807, 2.05) is 37.3 Å². The molecule has 1 amide bonds. The van der Waals surface area contributed by atoms with Crippen molar-refractivity contribution in [2.24, 2.45) is 0 Å². The molecule has 3 rings (SSSR count). The summed E-state index contributed by atoms with van der Waals surface area (Å²) in [6.07, 6.45) is 5.36. The second kappa shape index (κ2) is 6.75. The van der Waals surface area contributed by atoms with Crippen molar-refractivity contribution >= 4 is 11.7 Å². The summed E-state index contributed by atoms with van der Waals surface area (Å²) in [5.74, 6) is 0.706. The van der Waals surface area contributed by atoms with Crippen LogP contribution in [0.2, 0.25) is 0 Å². The lowest BCUT2D eigenvalue weighted by atomic mass is 10.1. The van der Waals surface area contributed by atoms with E-state index in [0.717, 1.165) is 37.1 Å². The Morgan fingerprint density at radius 1 is 1.41 bits per heavy atom. The number of aryl methyl sites for hydroxylation is 1. The lowest BCUT2D eigenvalue weighted by Crippen LogP contribution is -2.17. The minimum Gasteiger partial charge on any atom is -0.378 e. The van der Waals surface area contributed by atoms with Gasteiger partial charge in [0.05, 0.1) is 18.0 Å². The molecule has 0 radical (unpaired) electrons. The number of benzene rings is 1. The SMILES string of the molecule is Cc1ccccc1-n1nccc1NC(=O)CCC1CCCO1. The Morgan fingerprint density at radius 2 is 2.27 bits per heavy atom. The maximum absolute atomic E-state index is 12.1. The number of anilines is 1. The van der Waals surface area contributed by atoms with E-state index >= 15 is 0 Å². The molecule has 1 fully saturated rings. The fraction of sp³-hybridized carbons (Fsp3) is 0.412. The Kier molecular flexibility index (Phi) is 4.53. The molecular weight excluding hydrogens is 278 g/mol. The predicted molar refractivity (Wildman–Crippen MR) is 85.1 cm³/mol. The van der Waals surface area contributed by atoms with Crippen molar-refractivity contribution in [2.45, 2.75) is 38.7 Å². The second-order valence-corrected chi connectivity index (χ2v) is 5.64. The van der Waals surface area contributed by atoms with Crippen LogP contribution in [0.1, 0.15) is 31.2 Å². The zero-order valence-electron chi connectivity index (χ0n) is 12.8. The molecule has 5 nitrogen and oxygen atoms in total. The molecule has 5 heteroatoms. The first-order valence-corrected chi connectivity index (χ1v) is 7.75. The average molecular weight is 299 g/mol. The van der Waals surface area contributed by atoms with Crippen LogP contribution in [0, 0.1) is 6.92 Å². The number of amides is 1. The Balaban J connectivity index is 1.64. The Hall–Kier alpha value is -2.14. The van der Waals surface area contributed by atoms with Crippen molar-refractivity contribution in [1.82, 2.24) is 9.78 Å². The predicted octanol–water partition coefficient (Wildman–Crippen LogP) is 3.08. The topological polar surface area (TPSA) is 56.2 Å². The van der Waals surface area contributed by atoms with Gasteiger partial charge in [0.2, 0.25) is 5.91 Å². The number of hydrogen-bond donors (Lipinski definition) is 1. The molecule has 1 aliphatic rings. The summed E-state index contributed by atoms with van der Waals surface area (Å²) in [5, 5.41) is 7.26. The van der Waals surface area contributed by atoms with Gasteiger partial charge in [-0.1, -0.05) is 18.2 Å². The van der Waals surface area contributed by atoms with Gasteiger partial charge in [0.25, 0.3) is 0 Å². The highest BCUT2D eigenvalue weighted by Crippen LogP contribution is 2.20. The molecule has 0 saturated carbocycles. The zero-order chi connectivity index (χ0) is 15.4. The Labute approximate surface area is 130 Å². The minimum absolute atomic E-state index is 0.00540. The maximum Gasteiger partial charge on any atom is 0.225 e. The molecular formula is C17H21N3O2. The molecule has 1 unspecified atom stereocenters. The van der Waals surface area contributed by atoms with Gasteiger partial charge in [-0.25, -0.2) is 4.68 Å². The molecule has 22 heavy (non-hydrogen) atoms. The number of hydrogen-bond acceptors (Lipinski definition) is 3. The number of carbonyl (C=O) groups excluding carboxylic acids is 1. The fourth-order valence-corrected chi connectivity index (χ4v) is 2.76. The summed E-state index contributed by atoms with van der Waals surface area (Å²) in [5.41, 5.74) is 2.09. The number of para-hydroxylation sites is 1. The molecule has 2 aromatic rings. The molecule has 1 atom stereocenters. The number of aromatic nitrogens is 2. The van der Waals surface area contributed by atoms with Crippen LogP contribution in [0.15, 0.2) is 36.5 Å². The molecule has 0 spiro atoms. The summed E-state index contributed by atoms with van der Waals surface area (Å²) < 4.78 is 7.31. The quantitative estimate of drug-likeness (QED) is 0.923. The van der Waals surface area contributed by atoms with E-state index in [9.17, 15) is 4.79 Å². The standard InChI is InChI=1S/C17H21N3O2/c1-13-5-2-3-7-15(13)20-16(10-11-18-20)19-17(21)9-8-14-6-4-12-22-14/h2-3,5,7,10-11,14H,4,6,8-9,12H2,1H3,(H,19,21). The highest BCUT2D eigenvalue weighted by Gasteiger charge is 2.17. The molecule has 1 aliphatic heterocycles. The number of nitrogens with one attached hydrogen (secondary N) is 1. The summed E-state index contributed by atoms with van der Waals surface area (Å²) in [6.45, 7) is 2.85. The van der Waals surface area contributed by atoms with Crippen LogP contribution < -0.4 is 5.32 Å². The van der Waals surface area contributed by atoms with Crippen molar-refractivity contribution in [3.8, 4) is 5.69 Å². The summed E-state index contributed by atoms with van der Waals surface area (Å²) in [4.78, 5) is 12.1. The number of nitrogens with zero attached hydrogens (tertiary/aromatic N) is 2. The number of carbonyl (C=O) groups is 1. The van der Waals surface area contributed by atoms with Gasteiger partial charge in [-0.05, 0) is 37.8 Å². The van der Waals surface area contributed by atoms with Gasteiger partial charge in [0.15, 0.2) is 0 Å². The zero-order valence-corrected chi connectivity index (χ0v) is 12.8. The third-order valence-corrected chi connectivity index (χ3v) is 3.97. The molecule has 116 valence electrons. The molecule has 1 aromatic carbocycles. The monoisotopic (exact) mass is 299 g/mol. The van der Waals surface area contributed by atoms with Crippen LogP contribution in [0.3, 0.4) is 0 Å². The largest absolute Gasteiger partial charge is 0.378 e. The van der Waals surface area contributed by atoms with Crippen LogP contribution in [0.5, 0.6) is 0 Å². The minimum atomic E-state index is 0.00540. The normalized spacial score (nSPS) is 17.6. The third kappa shape index (κ3) is 3.36. The molecule has 2 heterocycles. The van der Waals surface area contributed by atoms with Crippen LogP contribution in [0.25, 0.3) is 5.69 Å². The van der Waals surface area contributed by atoms with Gasteiger partial charge in [-0.3, -0.25) is 4.79 Å². The van der Waals surface area contributed by atoms with Gasteiger partial charge in [-0.2, -0.15) is 5.10 Å². The van der Waals surface area contributed by atoms with Gasteiger partial charge in [0, 0.05) is 19.1 Å². The van der Waals surface area contributed by atoms with E-state index in [0.29, 0.717) is 12.2 Å². The van der Waals surface area contributed by atoms with E-state index in [-0.39, 0.29) is 12.0 Å². The fourth-order valence-electron chi connectivity index (χ4n) is 2.76. The van der Waals surface area contributed by atoms with Crippen molar-refractivity contribution in [2.75, 3.05) is 11.9 Å². The van der Waals surface area contributed by atoms with Crippen molar-refractivity contribution in [3.63, 3.8) is 0 Å². The highest BCUT2D eigenvalue weighted by molar-refractivity contribution is 5.90. The van der Waals surface area contributed by atoms with Gasteiger partial charge in [-0.15, -0.1) is 0 Å². The van der Waals surface area contributed by atoms with E-state index in [1.165, 1.54) is 0 Å². The first-order chi connectivity index (χ1) is 10.7. The van der Waals surface area contributed by atoms with E-state index in [1.54, 1.807) is 10.9 Å². The van der Waals surface area contributed by atoms with Crippen LogP contribution in [-0.4, -0.2) is 28.4 Å². The number of ether oxygens (including phenoxy) is 1. The Morgan fingerprint density at radius 3 is 3.05 bits per heavy atom. The van der Waals surface area contributed by atoms with Gasteiger partial charge < -0.3 is 10.1 Å². The highest BCUT2D eigenvalue weighted by atomic mass is 16.5. The van der Waals surface area contributed by atoms with Crippen molar-refractivity contribution in [3.05, 3.63) is 42.1 Å². The maximum atomic E-state index is 12.1. The first kappa shape index (κ1) is 14.8. The van der Waals surface area contributed by atoms with Crippen LogP contribution in [0.4, 0.5) is 5.82 Å². The van der Waals surface area contributed by atoms with Gasteiger partial charge in [0.1, 0.15) is 5.82 Å². The van der Waals surface area contributed by atoms with Crippen molar-refractivity contribution in [1.29, 1.82) is 0 Å². The lowest BCUT2D eigenvalue weighted by Gasteiger charge is -2.12. The number of rotatable bonds is 5. The Bertz CT molecular complexity index is 645. The average Bonchev–Trinajstić information content (AvgIpc) is 3.17. The first-order valence-electron chi connectivity index (χ1n) is 7.75. The molecule has 1 saturated heterocycles. The third-order valence-electron chi connectivity index (χ3n) is 3.97. The van der Waals surface area contributed by atoms with Crippen LogP contribution in [-0.2, 0) is 9.53 Å². The second-order valence-electron chi connectivity index (χ2n) is 5.64. The summed E-state index contributed by atoms with van der Waals surface area (Å²) >= 11 is 0. The summed E-state index contributed by atoms with van der Waals surface area (Å²) in [7, 11) is 0. The summed E-state index contributed by atoms with van der Waals surface area (Å²) in [6, 6.07) is 9.79. The smallest absolute Gasteiger partial charge is 0.225 e. The molecule has 1 N–H and O–H groups in total. The lowest BCUT2D eigenvalue weighted by molar-refractivity contribution is -0.116. The van der Waals surface area contributed by atoms with Crippen molar-refractivity contribution < 1.29 is 9.53 Å². The molecule has 0 aliphatic carbocycles.